The summed E-state index contributed by atoms with van der Waals surface area (Å²) in [5.74, 6) is 0. The highest BCUT2D eigenvalue weighted by Crippen LogP contribution is 2.29. The van der Waals surface area contributed by atoms with Crippen LogP contribution in [0, 0.1) is 6.92 Å². The molecule has 3 rings (SSSR count). The Labute approximate surface area is 141 Å². The van der Waals surface area contributed by atoms with Gasteiger partial charge in [-0.25, -0.2) is 4.79 Å². The lowest BCUT2D eigenvalue weighted by Gasteiger charge is -2.05. The fraction of sp³-hybridized carbons (Fsp3) is 0.200. The molecule has 23 heavy (non-hydrogen) atoms. The second kappa shape index (κ2) is 7.30. The lowest BCUT2D eigenvalue weighted by atomic mass is 10.2. The lowest BCUT2D eigenvalue weighted by Crippen LogP contribution is -2.30. The number of aromatic nitrogens is 3. The number of amides is 2. The van der Waals surface area contributed by atoms with Crippen LogP contribution >= 0.6 is 22.7 Å². The van der Waals surface area contributed by atoms with E-state index in [0.717, 1.165) is 21.3 Å². The summed E-state index contributed by atoms with van der Waals surface area (Å²) in [5.41, 5.74) is 1.93. The minimum Gasteiger partial charge on any atom is -0.337 e. The number of rotatable bonds is 5. The average molecular weight is 345 g/mol. The number of nitrogens with one attached hydrogen (secondary N) is 2. The van der Waals surface area contributed by atoms with Gasteiger partial charge in [0.05, 0.1) is 4.88 Å². The predicted octanol–water partition coefficient (Wildman–Crippen LogP) is 3.33. The van der Waals surface area contributed by atoms with Gasteiger partial charge in [0, 0.05) is 24.4 Å². The van der Waals surface area contributed by atoms with E-state index in [2.05, 4.69) is 25.8 Å². The molecular formula is C15H15N5OS2. The van der Waals surface area contributed by atoms with Crippen molar-refractivity contribution in [2.45, 2.75) is 13.3 Å². The number of anilines is 1. The van der Waals surface area contributed by atoms with Crippen molar-refractivity contribution in [1.82, 2.24) is 20.5 Å². The average Bonchev–Trinajstić information content (AvgIpc) is 3.18. The van der Waals surface area contributed by atoms with Gasteiger partial charge < -0.3 is 5.32 Å². The number of hydrogen-bond acceptors (Lipinski definition) is 6. The molecule has 0 fully saturated rings. The molecule has 3 heterocycles. The summed E-state index contributed by atoms with van der Waals surface area (Å²) in [6, 6.07) is 9.51. The van der Waals surface area contributed by atoms with Gasteiger partial charge in [0.15, 0.2) is 5.01 Å². The number of pyridine rings is 1. The monoisotopic (exact) mass is 345 g/mol. The molecule has 0 saturated heterocycles. The Morgan fingerprint density at radius 1 is 1.22 bits per heavy atom. The first kappa shape index (κ1) is 15.6. The van der Waals surface area contributed by atoms with Crippen molar-refractivity contribution in [3.8, 4) is 9.88 Å². The molecule has 2 N–H and O–H groups in total. The van der Waals surface area contributed by atoms with Crippen LogP contribution < -0.4 is 10.6 Å². The van der Waals surface area contributed by atoms with Crippen molar-refractivity contribution in [1.29, 1.82) is 0 Å². The maximum absolute atomic E-state index is 11.9. The van der Waals surface area contributed by atoms with Gasteiger partial charge in [-0.3, -0.25) is 10.3 Å². The van der Waals surface area contributed by atoms with Crippen LogP contribution in [0.1, 0.15) is 11.4 Å². The zero-order valence-electron chi connectivity index (χ0n) is 12.4. The SMILES string of the molecule is Cc1cccc(CCNC(=O)Nc2nnc(-c3cccs3)s2)n1. The lowest BCUT2D eigenvalue weighted by molar-refractivity contribution is 0.252. The maximum atomic E-state index is 11.9. The Morgan fingerprint density at radius 3 is 2.91 bits per heavy atom. The number of nitrogens with zero attached hydrogens (tertiary/aromatic N) is 3. The van der Waals surface area contributed by atoms with Gasteiger partial charge in [-0.05, 0) is 30.5 Å². The number of carbonyl (C=O) groups is 1. The van der Waals surface area contributed by atoms with Crippen molar-refractivity contribution >= 4 is 33.8 Å². The minimum absolute atomic E-state index is 0.286. The topological polar surface area (TPSA) is 79.8 Å². The van der Waals surface area contributed by atoms with Crippen LogP contribution in [0.5, 0.6) is 0 Å². The van der Waals surface area contributed by atoms with Gasteiger partial charge in [-0.1, -0.05) is 23.5 Å². The van der Waals surface area contributed by atoms with Gasteiger partial charge in [-0.2, -0.15) is 0 Å². The molecule has 3 aromatic heterocycles. The van der Waals surface area contributed by atoms with Crippen LogP contribution in [0.4, 0.5) is 9.93 Å². The highest BCUT2D eigenvalue weighted by molar-refractivity contribution is 7.23. The van der Waals surface area contributed by atoms with E-state index in [0.29, 0.717) is 18.1 Å². The van der Waals surface area contributed by atoms with Crippen LogP contribution in [0.3, 0.4) is 0 Å². The molecule has 0 spiro atoms. The summed E-state index contributed by atoms with van der Waals surface area (Å²) in [6.45, 7) is 2.46. The van der Waals surface area contributed by atoms with Crippen LogP contribution in [0.2, 0.25) is 0 Å². The van der Waals surface area contributed by atoms with Gasteiger partial charge in [0.1, 0.15) is 0 Å². The highest BCUT2D eigenvalue weighted by Gasteiger charge is 2.09. The normalized spacial score (nSPS) is 10.5. The Balaban J connectivity index is 1.48. The smallest absolute Gasteiger partial charge is 0.321 e. The van der Waals surface area contributed by atoms with Crippen molar-refractivity contribution in [3.05, 3.63) is 47.1 Å². The Kier molecular flexibility index (Phi) is 4.94. The largest absolute Gasteiger partial charge is 0.337 e. The molecule has 8 heteroatoms. The van der Waals surface area contributed by atoms with Crippen LogP contribution in [-0.2, 0) is 6.42 Å². The molecule has 6 nitrogen and oxygen atoms in total. The van der Waals surface area contributed by atoms with E-state index in [4.69, 9.17) is 0 Å². The van der Waals surface area contributed by atoms with E-state index in [1.165, 1.54) is 11.3 Å². The summed E-state index contributed by atoms with van der Waals surface area (Å²) in [7, 11) is 0. The second-order valence-electron chi connectivity index (χ2n) is 4.79. The van der Waals surface area contributed by atoms with Crippen molar-refractivity contribution in [2.24, 2.45) is 0 Å². The van der Waals surface area contributed by atoms with E-state index < -0.39 is 0 Å². The van der Waals surface area contributed by atoms with Crippen molar-refractivity contribution in [2.75, 3.05) is 11.9 Å². The third kappa shape index (κ3) is 4.33. The second-order valence-corrected chi connectivity index (χ2v) is 6.72. The number of aryl methyl sites for hydroxylation is 1. The molecule has 118 valence electrons. The minimum atomic E-state index is -0.286. The van der Waals surface area contributed by atoms with Gasteiger partial charge in [0.2, 0.25) is 5.13 Å². The number of thiophene rings is 1. The molecule has 0 bridgehead atoms. The first-order chi connectivity index (χ1) is 11.2. The predicted molar refractivity (Wildman–Crippen MR) is 92.9 cm³/mol. The van der Waals surface area contributed by atoms with Gasteiger partial charge in [-0.15, -0.1) is 21.5 Å². The molecule has 0 aromatic carbocycles. The zero-order chi connectivity index (χ0) is 16.1. The van der Waals surface area contributed by atoms with Gasteiger partial charge >= 0.3 is 6.03 Å². The number of carbonyl (C=O) groups excluding carboxylic acids is 1. The molecular weight excluding hydrogens is 330 g/mol. The summed E-state index contributed by atoms with van der Waals surface area (Å²) < 4.78 is 0. The van der Waals surface area contributed by atoms with E-state index in [1.807, 2.05) is 42.6 Å². The van der Waals surface area contributed by atoms with Crippen molar-refractivity contribution in [3.63, 3.8) is 0 Å². The first-order valence-corrected chi connectivity index (χ1v) is 8.75. The van der Waals surface area contributed by atoms with Crippen LogP contribution in [0.15, 0.2) is 35.7 Å². The van der Waals surface area contributed by atoms with E-state index in [1.54, 1.807) is 11.3 Å². The summed E-state index contributed by atoms with van der Waals surface area (Å²) in [6.07, 6.45) is 0.686. The van der Waals surface area contributed by atoms with Crippen molar-refractivity contribution < 1.29 is 4.79 Å². The van der Waals surface area contributed by atoms with Crippen LogP contribution in [-0.4, -0.2) is 27.8 Å². The first-order valence-electron chi connectivity index (χ1n) is 7.05. The Bertz CT molecular complexity index is 785. The van der Waals surface area contributed by atoms with E-state index in [-0.39, 0.29) is 6.03 Å². The quantitative estimate of drug-likeness (QED) is 0.743. The standard InChI is InChI=1S/C15H15N5OS2/c1-10-4-2-5-11(17-10)7-8-16-14(21)18-15-20-19-13(23-15)12-6-3-9-22-12/h2-6,9H,7-8H2,1H3,(H2,16,18,20,21). The number of urea groups is 1. The summed E-state index contributed by atoms with van der Waals surface area (Å²) in [4.78, 5) is 17.3. The molecule has 0 radical (unpaired) electrons. The fourth-order valence-corrected chi connectivity index (χ4v) is 3.49. The number of hydrogen-bond donors (Lipinski definition) is 2. The van der Waals surface area contributed by atoms with E-state index >= 15 is 0 Å². The third-order valence-corrected chi connectivity index (χ3v) is 4.87. The molecule has 0 atom stereocenters. The molecule has 0 unspecified atom stereocenters. The molecule has 0 aliphatic heterocycles. The van der Waals surface area contributed by atoms with Crippen LogP contribution in [0.25, 0.3) is 9.88 Å². The fourth-order valence-electron chi connectivity index (χ4n) is 1.96. The van der Waals surface area contributed by atoms with E-state index in [9.17, 15) is 4.79 Å². The molecule has 0 aliphatic carbocycles. The molecule has 3 aromatic rings. The third-order valence-electron chi connectivity index (χ3n) is 2.99. The maximum Gasteiger partial charge on any atom is 0.321 e. The highest BCUT2D eigenvalue weighted by atomic mass is 32.1. The molecule has 0 aliphatic rings. The zero-order valence-corrected chi connectivity index (χ0v) is 14.1. The Hall–Kier alpha value is -2.32. The molecule has 0 saturated carbocycles. The van der Waals surface area contributed by atoms with Gasteiger partial charge in [0.25, 0.3) is 0 Å². The molecule has 2 amide bonds. The summed E-state index contributed by atoms with van der Waals surface area (Å²) >= 11 is 2.95. The summed E-state index contributed by atoms with van der Waals surface area (Å²) in [5, 5.41) is 16.8. The Morgan fingerprint density at radius 2 is 2.13 bits per heavy atom.